The Bertz CT molecular complexity index is 4640. The smallest absolute Gasteiger partial charge is 0.00662 e. The monoisotopic (exact) mass is 1560 g/mol. The van der Waals surface area contributed by atoms with Crippen LogP contribution in [0.25, 0.3) is 132 Å². The van der Waals surface area contributed by atoms with Crippen LogP contribution in [0.3, 0.4) is 0 Å². The van der Waals surface area contributed by atoms with Gasteiger partial charge in [0, 0.05) is 63.9 Å². The molecule has 0 N–H and O–H groups in total. The van der Waals surface area contributed by atoms with Gasteiger partial charge in [0.25, 0.3) is 0 Å². The summed E-state index contributed by atoms with van der Waals surface area (Å²) in [7, 11) is 2.39. The third-order valence-corrected chi connectivity index (χ3v) is 22.9. The molecule has 530 valence electrons. The maximum absolute atomic E-state index is 2.27. The van der Waals surface area contributed by atoms with Gasteiger partial charge in [-0.25, -0.2) is 0 Å². The molecule has 0 nitrogen and oxygen atoms in total. The molecule has 16 rings (SSSR count). The standard InChI is InChI=1S/4C26H21P.Pd/c4*1-5-13-21(14-6-1)24-19-11-4-12-20-27-26(23-17-9-3-10-18-23)25(24)22-15-7-2-8-16-22;/h4*1-20,27H;. The van der Waals surface area contributed by atoms with Gasteiger partial charge in [-0.1, -0.05) is 461 Å². The summed E-state index contributed by atoms with van der Waals surface area (Å²) in [5, 5.41) is 5.49. The number of hydrogen-bond acceptors (Lipinski definition) is 0. The van der Waals surface area contributed by atoms with Crippen molar-refractivity contribution in [1.82, 2.24) is 0 Å². The van der Waals surface area contributed by atoms with Crippen molar-refractivity contribution in [3.63, 3.8) is 0 Å². The molecule has 0 spiro atoms. The molecule has 4 unspecified atom stereocenters. The molecule has 4 heterocycles. The Kier molecular flexibility index (Phi) is 29.7. The van der Waals surface area contributed by atoms with E-state index in [1.807, 2.05) is 0 Å². The number of rotatable bonds is 12. The molecule has 16 aromatic rings. The predicted molar refractivity (Wildman–Crippen MR) is 480 cm³/mol. The van der Waals surface area contributed by atoms with Crippen LogP contribution in [0.5, 0.6) is 0 Å². The van der Waals surface area contributed by atoms with Crippen LogP contribution in [0.4, 0.5) is 0 Å². The van der Waals surface area contributed by atoms with E-state index in [2.05, 4.69) is 484 Å². The van der Waals surface area contributed by atoms with Crippen LogP contribution in [-0.2, 0) is 20.4 Å². The van der Waals surface area contributed by atoms with Crippen LogP contribution >= 0.6 is 32.8 Å². The van der Waals surface area contributed by atoms with Crippen molar-refractivity contribution in [2.45, 2.75) is 0 Å². The van der Waals surface area contributed by atoms with Crippen LogP contribution < -0.4 is 0 Å². The second kappa shape index (κ2) is 42.0. The Balaban J connectivity index is 0.000000135. The molecule has 12 aromatic carbocycles. The third-order valence-electron chi connectivity index (χ3n) is 18.2. The predicted octanol–water partition coefficient (Wildman–Crippen LogP) is 31.4. The number of benzene rings is 12. The molecular weight excluding hydrogens is 1480 g/mol. The minimum Gasteiger partial charge on any atom is -0.131 e. The minimum absolute atomic E-state index is 0. The van der Waals surface area contributed by atoms with Crippen molar-refractivity contribution in [3.05, 3.63) is 484 Å². The van der Waals surface area contributed by atoms with Gasteiger partial charge < -0.3 is 0 Å². The Morgan fingerprint density at radius 2 is 0.229 bits per heavy atom. The fourth-order valence-electron chi connectivity index (χ4n) is 13.2. The molecule has 0 radical (unpaired) electrons. The van der Waals surface area contributed by atoms with Gasteiger partial charge in [0.2, 0.25) is 0 Å². The van der Waals surface area contributed by atoms with Gasteiger partial charge in [0.15, 0.2) is 0 Å². The summed E-state index contributed by atoms with van der Waals surface area (Å²) in [5.74, 6) is 9.07. The first-order valence-electron chi connectivity index (χ1n) is 36.6. The first kappa shape index (κ1) is 77.0. The third kappa shape index (κ3) is 21.4. The molecule has 0 aliphatic heterocycles. The largest absolute Gasteiger partial charge is 0.131 e. The van der Waals surface area contributed by atoms with Crippen molar-refractivity contribution in [3.8, 4) is 132 Å². The van der Waals surface area contributed by atoms with Crippen LogP contribution in [0.1, 0.15) is 0 Å². The van der Waals surface area contributed by atoms with E-state index in [1.165, 1.54) is 132 Å². The molecule has 0 amide bonds. The van der Waals surface area contributed by atoms with E-state index in [0.717, 1.165) is 0 Å². The fraction of sp³-hybridized carbons (Fsp3) is 0. The average molecular weight is 1560 g/mol. The molecule has 0 bridgehead atoms. The van der Waals surface area contributed by atoms with Gasteiger partial charge >= 0.3 is 0 Å². The van der Waals surface area contributed by atoms with Gasteiger partial charge in [-0.05, 0) is 112 Å². The quantitative estimate of drug-likeness (QED) is 0.107. The van der Waals surface area contributed by atoms with E-state index < -0.39 is 0 Å². The van der Waals surface area contributed by atoms with Crippen molar-refractivity contribution in [2.24, 2.45) is 0 Å². The molecular formula is C104H84P4Pd. The maximum atomic E-state index is 2.27. The Hall–Kier alpha value is -11.7. The summed E-state index contributed by atoms with van der Waals surface area (Å²) in [6.07, 6.45) is 0. The van der Waals surface area contributed by atoms with Crippen molar-refractivity contribution < 1.29 is 20.4 Å². The topological polar surface area (TPSA) is 0 Å². The average Bonchev–Trinajstić information content (AvgIpc) is 1.57. The van der Waals surface area contributed by atoms with E-state index in [1.54, 1.807) is 0 Å². The number of hydrogen-bond donors (Lipinski definition) is 0. The molecule has 5 heteroatoms. The summed E-state index contributed by atoms with van der Waals surface area (Å²) >= 11 is 0. The molecule has 4 aromatic heterocycles. The van der Waals surface area contributed by atoms with E-state index in [9.17, 15) is 0 Å². The fourth-order valence-corrected chi connectivity index (χ4v) is 17.7. The van der Waals surface area contributed by atoms with Crippen LogP contribution in [0, 0.1) is 0 Å². The zero-order chi connectivity index (χ0) is 73.3. The summed E-state index contributed by atoms with van der Waals surface area (Å²) in [4.78, 5) is 0. The van der Waals surface area contributed by atoms with Gasteiger partial charge in [0.05, 0.1) is 0 Å². The Labute approximate surface area is 664 Å². The second-order valence-corrected chi connectivity index (χ2v) is 29.8. The zero-order valence-electron chi connectivity index (χ0n) is 60.5. The molecule has 0 saturated carbocycles. The van der Waals surface area contributed by atoms with E-state index in [-0.39, 0.29) is 20.4 Å². The summed E-state index contributed by atoms with van der Waals surface area (Å²) in [5.41, 5.74) is 25.3. The first-order chi connectivity index (χ1) is 53.7. The minimum atomic E-state index is 0. The van der Waals surface area contributed by atoms with Crippen molar-refractivity contribution >= 4 is 32.8 Å². The Morgan fingerprint density at radius 3 is 0.385 bits per heavy atom. The maximum Gasteiger partial charge on any atom is 0.00662 e. The first-order valence-corrected chi connectivity index (χ1v) is 40.9. The summed E-state index contributed by atoms with van der Waals surface area (Å²) < 4.78 is 0. The van der Waals surface area contributed by atoms with Crippen LogP contribution in [-0.4, -0.2) is 0 Å². The van der Waals surface area contributed by atoms with Gasteiger partial charge in [-0.15, -0.1) is 32.8 Å². The van der Waals surface area contributed by atoms with Gasteiger partial charge in [0.1, 0.15) is 0 Å². The second-order valence-electron chi connectivity index (χ2n) is 25.3. The van der Waals surface area contributed by atoms with Crippen LogP contribution in [0.2, 0.25) is 0 Å². The van der Waals surface area contributed by atoms with Crippen LogP contribution in [0.15, 0.2) is 484 Å². The van der Waals surface area contributed by atoms with E-state index in [0.29, 0.717) is 32.8 Å². The van der Waals surface area contributed by atoms with Crippen molar-refractivity contribution in [2.75, 3.05) is 0 Å². The van der Waals surface area contributed by atoms with E-state index in [4.69, 9.17) is 0 Å². The SMILES string of the molecule is [Pd].c1ccc(-c2ccccc[pH]c(-c3ccccc3)c2-c2ccccc2)cc1.c1ccc(-c2ccccc[pH]c(-c3ccccc3)c2-c2ccccc2)cc1.c1ccc(-c2ccccc[pH]c(-c3ccccc3)c2-c2ccccc2)cc1.c1ccc(-c2ccccc[pH]c(-c3ccccc3)c2-c2ccccc2)cc1. The molecule has 4 atom stereocenters. The van der Waals surface area contributed by atoms with Crippen molar-refractivity contribution in [1.29, 1.82) is 0 Å². The summed E-state index contributed by atoms with van der Waals surface area (Å²) in [6, 6.07) is 163. The molecule has 0 fully saturated rings. The zero-order valence-corrected chi connectivity index (χ0v) is 66.1. The van der Waals surface area contributed by atoms with E-state index >= 15 is 0 Å². The molecule has 109 heavy (non-hydrogen) atoms. The molecule has 0 saturated heterocycles. The Morgan fingerprint density at radius 1 is 0.110 bits per heavy atom. The molecule has 0 aliphatic carbocycles. The van der Waals surface area contributed by atoms with Gasteiger partial charge in [-0.3, -0.25) is 0 Å². The normalized spacial score (nSPS) is 10.4. The summed E-state index contributed by atoms with van der Waals surface area (Å²) in [6.45, 7) is 0. The van der Waals surface area contributed by atoms with Gasteiger partial charge in [-0.2, -0.15) is 0 Å². The molecule has 0 aliphatic rings.